The van der Waals surface area contributed by atoms with E-state index in [0.717, 1.165) is 53.8 Å². The van der Waals surface area contributed by atoms with E-state index in [0.29, 0.717) is 19.1 Å². The van der Waals surface area contributed by atoms with Gasteiger partial charge in [0.05, 0.1) is 37.6 Å². The number of benzene rings is 4. The summed E-state index contributed by atoms with van der Waals surface area (Å²) in [6.07, 6.45) is 1.26. The summed E-state index contributed by atoms with van der Waals surface area (Å²) in [7, 11) is 0. The summed E-state index contributed by atoms with van der Waals surface area (Å²) in [5.41, 5.74) is 4.39. The molecule has 0 saturated carbocycles. The zero-order valence-corrected chi connectivity index (χ0v) is 27.8. The van der Waals surface area contributed by atoms with Crippen LogP contribution in [0.5, 0.6) is 23.0 Å². The standard InChI is InChI=1S/C40H46O7/c1-27(46-36-15-7-30(8-16-36)29-5-13-34(14-6-29)43-25-39-26-45-39)21-33(41)23-42-35-17-9-31(10-18-35)40(3,4)32-11-19-37(20-12-32)47-28(2)22-38-24-44-38/h5-20,27-28,33,38-39,41H,21-26H2,1-4H3. The Morgan fingerprint density at radius 1 is 0.638 bits per heavy atom. The number of ether oxygens (including phenoxy) is 6. The van der Waals surface area contributed by atoms with Gasteiger partial charge < -0.3 is 33.5 Å². The number of epoxide rings is 2. The Labute approximate surface area is 278 Å². The van der Waals surface area contributed by atoms with E-state index < -0.39 is 6.10 Å². The zero-order valence-electron chi connectivity index (χ0n) is 27.8. The van der Waals surface area contributed by atoms with Crippen LogP contribution in [0.15, 0.2) is 97.1 Å². The van der Waals surface area contributed by atoms with E-state index in [2.05, 4.69) is 57.2 Å². The van der Waals surface area contributed by atoms with E-state index in [4.69, 9.17) is 28.4 Å². The Kier molecular flexibility index (Phi) is 10.4. The van der Waals surface area contributed by atoms with Crippen LogP contribution in [0.3, 0.4) is 0 Å². The maximum Gasteiger partial charge on any atom is 0.119 e. The van der Waals surface area contributed by atoms with Crippen molar-refractivity contribution in [2.75, 3.05) is 26.4 Å². The predicted octanol–water partition coefficient (Wildman–Crippen LogP) is 7.61. The maximum absolute atomic E-state index is 10.7. The molecule has 0 spiro atoms. The second kappa shape index (κ2) is 14.8. The highest BCUT2D eigenvalue weighted by molar-refractivity contribution is 5.64. The Hall–Kier alpha value is -4.04. The number of rotatable bonds is 17. The fourth-order valence-corrected chi connectivity index (χ4v) is 5.69. The molecule has 4 aromatic carbocycles. The second-order valence-corrected chi connectivity index (χ2v) is 13.2. The molecule has 7 heteroatoms. The summed E-state index contributed by atoms with van der Waals surface area (Å²) in [5.74, 6) is 3.20. The van der Waals surface area contributed by atoms with E-state index in [1.165, 1.54) is 11.1 Å². The minimum atomic E-state index is -0.659. The van der Waals surface area contributed by atoms with Gasteiger partial charge in [0.1, 0.15) is 42.3 Å². The first-order valence-electron chi connectivity index (χ1n) is 16.6. The quantitative estimate of drug-likeness (QED) is 0.119. The third-order valence-corrected chi connectivity index (χ3v) is 8.75. The molecular formula is C40H46O7. The van der Waals surface area contributed by atoms with E-state index in [1.807, 2.05) is 67.6 Å². The topological polar surface area (TPSA) is 82.2 Å². The van der Waals surface area contributed by atoms with Crippen molar-refractivity contribution in [1.29, 1.82) is 0 Å². The molecule has 47 heavy (non-hydrogen) atoms. The molecule has 0 aromatic heterocycles. The molecule has 2 aliphatic rings. The molecule has 4 aromatic rings. The number of hydrogen-bond donors (Lipinski definition) is 1. The first kappa shape index (κ1) is 32.9. The fourth-order valence-electron chi connectivity index (χ4n) is 5.69. The van der Waals surface area contributed by atoms with Crippen molar-refractivity contribution in [3.05, 3.63) is 108 Å². The summed E-state index contributed by atoms with van der Waals surface area (Å²) in [6.45, 7) is 10.9. The van der Waals surface area contributed by atoms with Crippen molar-refractivity contribution in [1.82, 2.24) is 0 Å². The zero-order chi connectivity index (χ0) is 32.8. The average Bonchev–Trinajstić information content (AvgIpc) is 4.01. The fraction of sp³-hybridized carbons (Fsp3) is 0.400. The lowest BCUT2D eigenvalue weighted by Gasteiger charge is -2.27. The minimum absolute atomic E-state index is 0.129. The molecule has 0 aliphatic carbocycles. The maximum atomic E-state index is 10.7. The van der Waals surface area contributed by atoms with Crippen molar-refractivity contribution < 1.29 is 33.5 Å². The summed E-state index contributed by atoms with van der Waals surface area (Å²) in [4.78, 5) is 0. The van der Waals surface area contributed by atoms with E-state index in [1.54, 1.807) is 0 Å². The molecule has 5 unspecified atom stereocenters. The molecule has 2 aliphatic heterocycles. The molecule has 248 valence electrons. The van der Waals surface area contributed by atoms with Crippen LogP contribution in [0.2, 0.25) is 0 Å². The SMILES string of the molecule is CC(CC(O)COc1ccc(C(C)(C)c2ccc(OC(C)CC3CO3)cc2)cc1)Oc1ccc(-c2ccc(OCC3CO3)cc2)cc1. The van der Waals surface area contributed by atoms with Crippen LogP contribution >= 0.6 is 0 Å². The first-order valence-corrected chi connectivity index (χ1v) is 16.6. The van der Waals surface area contributed by atoms with Crippen LogP contribution in [0.1, 0.15) is 51.7 Å². The van der Waals surface area contributed by atoms with Gasteiger partial charge in [-0.05, 0) is 84.6 Å². The normalized spacial score (nSPS) is 18.9. The number of hydrogen-bond acceptors (Lipinski definition) is 7. The lowest BCUT2D eigenvalue weighted by molar-refractivity contribution is 0.0636. The smallest absolute Gasteiger partial charge is 0.119 e. The Bertz CT molecular complexity index is 1540. The Balaban J connectivity index is 0.932. The third-order valence-electron chi connectivity index (χ3n) is 8.75. The lowest BCUT2D eigenvalue weighted by atomic mass is 9.78. The van der Waals surface area contributed by atoms with Gasteiger partial charge in [0.2, 0.25) is 0 Å². The van der Waals surface area contributed by atoms with Crippen LogP contribution in [0, 0.1) is 0 Å². The summed E-state index contributed by atoms with van der Waals surface area (Å²) in [5, 5.41) is 10.7. The molecule has 2 heterocycles. The van der Waals surface area contributed by atoms with Gasteiger partial charge >= 0.3 is 0 Å². The van der Waals surface area contributed by atoms with Gasteiger partial charge in [0.25, 0.3) is 0 Å². The van der Waals surface area contributed by atoms with Gasteiger partial charge in [-0.2, -0.15) is 0 Å². The summed E-state index contributed by atoms with van der Waals surface area (Å²) < 4.78 is 34.3. The molecule has 1 N–H and O–H groups in total. The van der Waals surface area contributed by atoms with Gasteiger partial charge in [-0.1, -0.05) is 62.4 Å². The van der Waals surface area contributed by atoms with Crippen molar-refractivity contribution in [2.24, 2.45) is 0 Å². The van der Waals surface area contributed by atoms with E-state index in [9.17, 15) is 5.11 Å². The van der Waals surface area contributed by atoms with Crippen molar-refractivity contribution in [2.45, 2.75) is 76.5 Å². The van der Waals surface area contributed by atoms with Crippen LogP contribution < -0.4 is 18.9 Å². The molecule has 2 fully saturated rings. The first-order chi connectivity index (χ1) is 22.7. The summed E-state index contributed by atoms with van der Waals surface area (Å²) >= 11 is 0. The summed E-state index contributed by atoms with van der Waals surface area (Å²) in [6, 6.07) is 32.5. The number of aliphatic hydroxyl groups is 1. The van der Waals surface area contributed by atoms with E-state index >= 15 is 0 Å². The largest absolute Gasteiger partial charge is 0.491 e. The molecule has 6 rings (SSSR count). The van der Waals surface area contributed by atoms with Crippen molar-refractivity contribution in [3.8, 4) is 34.1 Å². The monoisotopic (exact) mass is 638 g/mol. The minimum Gasteiger partial charge on any atom is -0.491 e. The van der Waals surface area contributed by atoms with Crippen LogP contribution in [0.4, 0.5) is 0 Å². The Morgan fingerprint density at radius 2 is 1.09 bits per heavy atom. The molecule has 0 amide bonds. The number of aliphatic hydroxyl groups excluding tert-OH is 1. The average molecular weight is 639 g/mol. The predicted molar refractivity (Wildman–Crippen MR) is 183 cm³/mol. The highest BCUT2D eigenvalue weighted by atomic mass is 16.6. The van der Waals surface area contributed by atoms with Gasteiger partial charge in [-0.3, -0.25) is 0 Å². The Morgan fingerprint density at radius 3 is 1.62 bits per heavy atom. The van der Waals surface area contributed by atoms with Crippen LogP contribution in [-0.4, -0.2) is 62.1 Å². The van der Waals surface area contributed by atoms with Crippen molar-refractivity contribution >= 4 is 0 Å². The van der Waals surface area contributed by atoms with Gasteiger partial charge in [0.15, 0.2) is 0 Å². The van der Waals surface area contributed by atoms with Gasteiger partial charge in [-0.15, -0.1) is 0 Å². The van der Waals surface area contributed by atoms with Gasteiger partial charge in [-0.25, -0.2) is 0 Å². The molecule has 7 nitrogen and oxygen atoms in total. The molecular weight excluding hydrogens is 592 g/mol. The van der Waals surface area contributed by atoms with Gasteiger partial charge in [0, 0.05) is 18.3 Å². The third kappa shape index (κ3) is 9.50. The van der Waals surface area contributed by atoms with Crippen LogP contribution in [-0.2, 0) is 14.9 Å². The second-order valence-electron chi connectivity index (χ2n) is 13.2. The molecule has 2 saturated heterocycles. The highest BCUT2D eigenvalue weighted by Gasteiger charge is 2.26. The van der Waals surface area contributed by atoms with Crippen LogP contribution in [0.25, 0.3) is 11.1 Å². The van der Waals surface area contributed by atoms with E-state index in [-0.39, 0.29) is 30.3 Å². The molecule has 0 bridgehead atoms. The van der Waals surface area contributed by atoms with Crippen molar-refractivity contribution in [3.63, 3.8) is 0 Å². The lowest BCUT2D eigenvalue weighted by Crippen LogP contribution is -2.25. The molecule has 5 atom stereocenters. The highest BCUT2D eigenvalue weighted by Crippen LogP contribution is 2.34. The molecule has 0 radical (unpaired) electrons.